The number of terminal acetylenes is 1. The Hall–Kier alpha value is -3.97. The van der Waals surface area contributed by atoms with Gasteiger partial charge in [-0.05, 0) is 60.9 Å². The number of halogens is 1. The number of phenolic OH excluding ortho intramolecular Hbond substituents is 1. The van der Waals surface area contributed by atoms with E-state index < -0.39 is 5.82 Å². The van der Waals surface area contributed by atoms with Gasteiger partial charge >= 0.3 is 6.01 Å². The van der Waals surface area contributed by atoms with Crippen LogP contribution in [0.15, 0.2) is 42.5 Å². The zero-order valence-corrected chi connectivity index (χ0v) is 25.8. The van der Waals surface area contributed by atoms with Gasteiger partial charge in [0.1, 0.15) is 17.1 Å². The predicted molar refractivity (Wildman–Crippen MR) is 176 cm³/mol. The largest absolute Gasteiger partial charge is 0.508 e. The Kier molecular flexibility index (Phi) is 6.64. The third-order valence-corrected chi connectivity index (χ3v) is 11.0. The maximum absolute atomic E-state index is 16.9. The molecule has 2 unspecified atom stereocenters. The Morgan fingerprint density at radius 1 is 1.02 bits per heavy atom. The van der Waals surface area contributed by atoms with Gasteiger partial charge in [-0.25, -0.2) is 4.39 Å². The minimum Gasteiger partial charge on any atom is -0.508 e. The van der Waals surface area contributed by atoms with Crippen LogP contribution in [0.5, 0.6) is 11.8 Å². The van der Waals surface area contributed by atoms with Crippen LogP contribution in [0.3, 0.4) is 0 Å². The van der Waals surface area contributed by atoms with Crippen LogP contribution < -0.4 is 15.0 Å². The van der Waals surface area contributed by atoms with Crippen LogP contribution in [-0.4, -0.2) is 84.6 Å². The molecule has 4 aromatic rings. The fourth-order valence-corrected chi connectivity index (χ4v) is 8.48. The van der Waals surface area contributed by atoms with Gasteiger partial charge in [0.25, 0.3) is 0 Å². The highest BCUT2D eigenvalue weighted by atomic mass is 19.1. The fourth-order valence-electron chi connectivity index (χ4n) is 8.48. The number of nitrogens with one attached hydrogen (secondary N) is 1. The van der Waals surface area contributed by atoms with Crippen LogP contribution in [0.25, 0.3) is 32.8 Å². The van der Waals surface area contributed by atoms with Crippen molar-refractivity contribution in [2.45, 2.75) is 37.8 Å². The molecule has 5 heterocycles. The molecule has 236 valence electrons. The summed E-state index contributed by atoms with van der Waals surface area (Å²) >= 11 is 0. The van der Waals surface area contributed by atoms with Crippen LogP contribution in [0.4, 0.5) is 10.2 Å². The number of fused-ring (bicyclic) bond motifs is 5. The lowest BCUT2D eigenvalue weighted by molar-refractivity contribution is 0.131. The molecular formula is C37H38FN5O3. The van der Waals surface area contributed by atoms with Crippen molar-refractivity contribution in [2.75, 3.05) is 57.4 Å². The number of ether oxygens (including phenoxy) is 2. The summed E-state index contributed by atoms with van der Waals surface area (Å²) in [7, 11) is 0. The minimum absolute atomic E-state index is 0.0451. The summed E-state index contributed by atoms with van der Waals surface area (Å²) in [6.45, 7) is 7.06. The molecule has 2 bridgehead atoms. The third kappa shape index (κ3) is 4.86. The summed E-state index contributed by atoms with van der Waals surface area (Å²) in [6.07, 6.45) is 10.3. The van der Waals surface area contributed by atoms with Gasteiger partial charge in [0.05, 0.1) is 19.8 Å². The van der Waals surface area contributed by atoms with Crippen molar-refractivity contribution in [3.63, 3.8) is 0 Å². The lowest BCUT2D eigenvalue weighted by atomic mass is 9.93. The quantitative estimate of drug-likeness (QED) is 0.281. The first kappa shape index (κ1) is 28.3. The number of rotatable bonds is 7. The molecule has 3 aromatic carbocycles. The zero-order valence-electron chi connectivity index (χ0n) is 25.8. The summed E-state index contributed by atoms with van der Waals surface area (Å²) in [5.41, 5.74) is 1.80. The lowest BCUT2D eigenvalue weighted by Crippen LogP contribution is -2.51. The van der Waals surface area contributed by atoms with E-state index in [1.807, 2.05) is 24.3 Å². The van der Waals surface area contributed by atoms with Crippen LogP contribution in [0.1, 0.15) is 31.2 Å². The molecule has 1 aliphatic carbocycles. The second-order valence-corrected chi connectivity index (χ2v) is 14.3. The molecule has 4 saturated heterocycles. The molecule has 5 fully saturated rings. The van der Waals surface area contributed by atoms with Gasteiger partial charge in [-0.2, -0.15) is 9.97 Å². The standard InChI is InChI=1S/C37H38FN5O3/c1-2-22-4-3-5-23-12-28(44)13-31(32(22)23)29-8-9-30-34(33(29)38)40-36(41-35(30)43-16-26-6-7-27(17-43)39-26)46-21-37(10-11-37)20-42-14-24-18-45-19-25(24)15-42/h1,3-5,8-9,12-13,24-27,39,44H,6-7,10-11,14-21H2/t24-,25-,26?,27?/m0/s1. The molecule has 0 spiro atoms. The van der Waals surface area contributed by atoms with E-state index in [-0.39, 0.29) is 22.7 Å². The number of hydrogen-bond donors (Lipinski definition) is 2. The van der Waals surface area contributed by atoms with E-state index in [2.05, 4.69) is 21.0 Å². The molecule has 1 aromatic heterocycles. The maximum atomic E-state index is 16.9. The molecule has 46 heavy (non-hydrogen) atoms. The highest BCUT2D eigenvalue weighted by Crippen LogP contribution is 2.48. The van der Waals surface area contributed by atoms with Crippen LogP contribution in [0, 0.1) is 35.4 Å². The van der Waals surface area contributed by atoms with Gasteiger partial charge in [0.2, 0.25) is 0 Å². The Balaban J connectivity index is 1.10. The van der Waals surface area contributed by atoms with E-state index in [4.69, 9.17) is 25.9 Å². The Morgan fingerprint density at radius 3 is 2.54 bits per heavy atom. The fraction of sp³-hybridized carbons (Fsp3) is 0.459. The van der Waals surface area contributed by atoms with Gasteiger partial charge in [0, 0.05) is 84.0 Å². The van der Waals surface area contributed by atoms with E-state index in [1.165, 1.54) is 0 Å². The smallest absolute Gasteiger partial charge is 0.319 e. The number of aromatic hydroxyl groups is 1. The van der Waals surface area contributed by atoms with Gasteiger partial charge in [0.15, 0.2) is 5.82 Å². The second-order valence-electron chi connectivity index (χ2n) is 14.3. The highest BCUT2D eigenvalue weighted by Gasteiger charge is 2.48. The van der Waals surface area contributed by atoms with Gasteiger partial charge < -0.3 is 29.7 Å². The number of benzene rings is 3. The van der Waals surface area contributed by atoms with Crippen molar-refractivity contribution in [3.8, 4) is 35.2 Å². The predicted octanol–water partition coefficient (Wildman–Crippen LogP) is 4.95. The number of nitrogens with zero attached hydrogens (tertiary/aromatic N) is 4. The molecule has 0 radical (unpaired) electrons. The van der Waals surface area contributed by atoms with Crippen LogP contribution in [0.2, 0.25) is 0 Å². The Labute approximate surface area is 267 Å². The average molecular weight is 620 g/mol. The van der Waals surface area contributed by atoms with E-state index >= 15 is 4.39 Å². The summed E-state index contributed by atoms with van der Waals surface area (Å²) in [4.78, 5) is 14.6. The molecule has 5 aliphatic rings. The minimum atomic E-state index is -0.477. The van der Waals surface area contributed by atoms with E-state index in [9.17, 15) is 5.11 Å². The van der Waals surface area contributed by atoms with Gasteiger partial charge in [-0.15, -0.1) is 6.42 Å². The summed E-state index contributed by atoms with van der Waals surface area (Å²) in [5.74, 6) is 4.31. The van der Waals surface area contributed by atoms with Crippen molar-refractivity contribution in [2.24, 2.45) is 17.3 Å². The van der Waals surface area contributed by atoms with Crippen molar-refractivity contribution < 1.29 is 19.0 Å². The van der Waals surface area contributed by atoms with Crippen LogP contribution in [-0.2, 0) is 4.74 Å². The van der Waals surface area contributed by atoms with E-state index in [0.29, 0.717) is 58.4 Å². The van der Waals surface area contributed by atoms with Crippen LogP contribution >= 0.6 is 0 Å². The normalized spacial score (nSPS) is 26.5. The SMILES string of the molecule is C#Cc1cccc2cc(O)cc(-c3ccc4c(N5CC6CCC(C5)N6)nc(OCC5(CN6C[C@H]7COC[C@@H]7C6)CC5)nc4c3F)c12. The molecule has 4 aliphatic heterocycles. The average Bonchev–Trinajstić information content (AvgIpc) is 3.30. The molecule has 0 amide bonds. The third-order valence-electron chi connectivity index (χ3n) is 11.0. The lowest BCUT2D eigenvalue weighted by Gasteiger charge is -2.34. The molecular weight excluding hydrogens is 581 g/mol. The monoisotopic (exact) mass is 619 g/mol. The number of anilines is 1. The number of aromatic nitrogens is 2. The molecule has 1 saturated carbocycles. The molecule has 9 rings (SSSR count). The highest BCUT2D eigenvalue weighted by molar-refractivity contribution is 6.04. The molecule has 8 nitrogen and oxygen atoms in total. The second kappa shape index (κ2) is 10.8. The number of likely N-dealkylation sites (tertiary alicyclic amines) is 1. The Bertz CT molecular complexity index is 1880. The zero-order chi connectivity index (χ0) is 31.0. The van der Waals surface area contributed by atoms with Gasteiger partial charge in [-0.1, -0.05) is 24.1 Å². The number of phenols is 1. The molecule has 9 heteroatoms. The van der Waals surface area contributed by atoms with Crippen molar-refractivity contribution in [1.29, 1.82) is 0 Å². The summed E-state index contributed by atoms with van der Waals surface area (Å²) in [6, 6.07) is 13.4. The van der Waals surface area contributed by atoms with Crippen molar-refractivity contribution in [3.05, 3.63) is 53.8 Å². The van der Waals surface area contributed by atoms with Crippen molar-refractivity contribution >= 4 is 27.5 Å². The molecule has 4 atom stereocenters. The first-order chi connectivity index (χ1) is 22.4. The molecule has 2 N–H and O–H groups in total. The first-order valence-corrected chi connectivity index (χ1v) is 16.6. The number of hydrogen-bond acceptors (Lipinski definition) is 8. The first-order valence-electron chi connectivity index (χ1n) is 16.6. The number of piperazine rings is 1. The maximum Gasteiger partial charge on any atom is 0.319 e. The summed E-state index contributed by atoms with van der Waals surface area (Å²) in [5, 5.41) is 16.4. The van der Waals surface area contributed by atoms with Gasteiger partial charge in [-0.3, -0.25) is 0 Å². The Morgan fingerprint density at radius 2 is 1.80 bits per heavy atom. The summed E-state index contributed by atoms with van der Waals surface area (Å²) < 4.78 is 29.0. The topological polar surface area (TPSA) is 83.0 Å². The van der Waals surface area contributed by atoms with E-state index in [1.54, 1.807) is 18.2 Å². The van der Waals surface area contributed by atoms with E-state index in [0.717, 1.165) is 82.4 Å². The van der Waals surface area contributed by atoms with Crippen molar-refractivity contribution in [1.82, 2.24) is 20.2 Å².